The number of carbonyl (C=O) groups is 1. The molecule has 23 heavy (non-hydrogen) atoms. The zero-order valence-corrected chi connectivity index (χ0v) is 13.0. The summed E-state index contributed by atoms with van der Waals surface area (Å²) in [5, 5.41) is 2.68. The highest BCUT2D eigenvalue weighted by molar-refractivity contribution is 6.03. The van der Waals surface area contributed by atoms with Gasteiger partial charge in [-0.15, -0.1) is 0 Å². The summed E-state index contributed by atoms with van der Waals surface area (Å²) in [5.41, 5.74) is 1.79. The van der Waals surface area contributed by atoms with Gasteiger partial charge in [-0.25, -0.2) is 4.39 Å². The first-order chi connectivity index (χ1) is 11.2. The third kappa shape index (κ3) is 4.06. The largest absolute Gasteiger partial charge is 0.371 e. The van der Waals surface area contributed by atoms with Crippen LogP contribution in [-0.4, -0.2) is 24.0 Å². The molecule has 0 bridgehead atoms. The summed E-state index contributed by atoms with van der Waals surface area (Å²) in [6.45, 7) is 2.02. The van der Waals surface area contributed by atoms with E-state index >= 15 is 0 Å². The number of rotatable bonds is 3. The lowest BCUT2D eigenvalue weighted by atomic mass is 10.2. The number of nitrogens with one attached hydrogen (secondary N) is 1. The number of hydrogen-bond acceptors (Lipinski definition) is 3. The molecule has 1 N–H and O–H groups in total. The molecule has 2 heterocycles. The fraction of sp³-hybridized carbons (Fsp3) is 0.333. The Morgan fingerprint density at radius 2 is 1.87 bits per heavy atom. The molecule has 0 unspecified atom stereocenters. The minimum atomic E-state index is -0.380. The second-order valence-electron chi connectivity index (χ2n) is 5.77. The van der Waals surface area contributed by atoms with Gasteiger partial charge >= 0.3 is 0 Å². The van der Waals surface area contributed by atoms with Crippen molar-refractivity contribution in [2.24, 2.45) is 0 Å². The van der Waals surface area contributed by atoms with Crippen molar-refractivity contribution < 1.29 is 9.18 Å². The van der Waals surface area contributed by atoms with E-state index in [0.29, 0.717) is 11.4 Å². The number of anilines is 2. The van der Waals surface area contributed by atoms with Crippen LogP contribution >= 0.6 is 0 Å². The van der Waals surface area contributed by atoms with E-state index in [1.165, 1.54) is 37.8 Å². The fourth-order valence-corrected chi connectivity index (χ4v) is 2.83. The van der Waals surface area contributed by atoms with Gasteiger partial charge in [0.15, 0.2) is 0 Å². The zero-order chi connectivity index (χ0) is 16.1. The third-order valence-electron chi connectivity index (χ3n) is 4.03. The maximum absolute atomic E-state index is 13.2. The van der Waals surface area contributed by atoms with Crippen molar-refractivity contribution >= 4 is 17.3 Å². The van der Waals surface area contributed by atoms with Crippen molar-refractivity contribution in [2.75, 3.05) is 23.3 Å². The first-order valence-corrected chi connectivity index (χ1v) is 8.00. The number of hydrogen-bond donors (Lipinski definition) is 1. The van der Waals surface area contributed by atoms with Crippen molar-refractivity contribution in [3.05, 3.63) is 54.1 Å². The molecule has 0 spiro atoms. The summed E-state index contributed by atoms with van der Waals surface area (Å²) in [5.74, 6) is -0.707. The molecule has 0 saturated carbocycles. The van der Waals surface area contributed by atoms with E-state index in [9.17, 15) is 9.18 Å². The highest BCUT2D eigenvalue weighted by atomic mass is 19.1. The Morgan fingerprint density at radius 1 is 1.09 bits per heavy atom. The average molecular weight is 313 g/mol. The Morgan fingerprint density at radius 3 is 2.61 bits per heavy atom. The van der Waals surface area contributed by atoms with E-state index in [0.717, 1.165) is 18.8 Å². The van der Waals surface area contributed by atoms with Gasteiger partial charge in [-0.3, -0.25) is 9.78 Å². The summed E-state index contributed by atoms with van der Waals surface area (Å²) in [4.78, 5) is 18.8. The van der Waals surface area contributed by atoms with E-state index in [4.69, 9.17) is 0 Å². The predicted molar refractivity (Wildman–Crippen MR) is 89.3 cm³/mol. The van der Waals surface area contributed by atoms with E-state index in [1.54, 1.807) is 24.4 Å². The Kier molecular flexibility index (Phi) is 4.86. The summed E-state index contributed by atoms with van der Waals surface area (Å²) >= 11 is 0. The predicted octanol–water partition coefficient (Wildman–Crippen LogP) is 3.85. The van der Waals surface area contributed by atoms with Crippen LogP contribution < -0.4 is 10.2 Å². The Balaban J connectivity index is 1.74. The molecular weight excluding hydrogens is 293 g/mol. The van der Waals surface area contributed by atoms with Crippen molar-refractivity contribution in [3.63, 3.8) is 0 Å². The van der Waals surface area contributed by atoms with Crippen molar-refractivity contribution in [3.8, 4) is 0 Å². The van der Waals surface area contributed by atoms with Gasteiger partial charge in [-0.1, -0.05) is 18.9 Å². The van der Waals surface area contributed by atoms with Crippen LogP contribution in [-0.2, 0) is 0 Å². The van der Waals surface area contributed by atoms with Gasteiger partial charge in [0.25, 0.3) is 5.91 Å². The maximum atomic E-state index is 13.2. The quantitative estimate of drug-likeness (QED) is 0.936. The number of amides is 1. The van der Waals surface area contributed by atoms with Gasteiger partial charge in [0.2, 0.25) is 0 Å². The molecule has 4 nitrogen and oxygen atoms in total. The van der Waals surface area contributed by atoms with Crippen LogP contribution in [0.5, 0.6) is 0 Å². The number of carbonyl (C=O) groups excluding carboxylic acids is 1. The Labute approximate surface area is 135 Å². The van der Waals surface area contributed by atoms with Crippen LogP contribution in [0, 0.1) is 5.82 Å². The van der Waals surface area contributed by atoms with Crippen molar-refractivity contribution in [1.29, 1.82) is 0 Å². The number of aromatic nitrogens is 1. The molecule has 1 aliphatic rings. The number of pyridine rings is 1. The molecule has 1 fully saturated rings. The first kappa shape index (κ1) is 15.5. The van der Waals surface area contributed by atoms with Gasteiger partial charge in [0.05, 0.1) is 0 Å². The fourth-order valence-electron chi connectivity index (χ4n) is 2.83. The summed E-state index contributed by atoms with van der Waals surface area (Å²) < 4.78 is 13.2. The smallest absolute Gasteiger partial charge is 0.274 e. The normalized spacial score (nSPS) is 15.1. The Hall–Kier alpha value is -2.43. The molecule has 1 amide bonds. The molecule has 0 radical (unpaired) electrons. The number of benzene rings is 1. The van der Waals surface area contributed by atoms with Crippen LogP contribution in [0.4, 0.5) is 15.8 Å². The molecule has 1 aliphatic heterocycles. The monoisotopic (exact) mass is 313 g/mol. The lowest BCUT2D eigenvalue weighted by Crippen LogP contribution is -2.24. The van der Waals surface area contributed by atoms with Gasteiger partial charge in [-0.05, 0) is 43.2 Å². The lowest BCUT2D eigenvalue weighted by molar-refractivity contribution is 0.102. The number of nitrogens with zero attached hydrogens (tertiary/aromatic N) is 2. The highest BCUT2D eigenvalue weighted by Gasteiger charge is 2.13. The van der Waals surface area contributed by atoms with Gasteiger partial charge < -0.3 is 10.2 Å². The first-order valence-electron chi connectivity index (χ1n) is 8.00. The van der Waals surface area contributed by atoms with E-state index in [-0.39, 0.29) is 11.7 Å². The topological polar surface area (TPSA) is 45.2 Å². The number of halogens is 1. The summed E-state index contributed by atoms with van der Waals surface area (Å²) in [7, 11) is 0. The van der Waals surface area contributed by atoms with Crippen LogP contribution in [0.1, 0.15) is 36.2 Å². The van der Waals surface area contributed by atoms with Crippen molar-refractivity contribution in [1.82, 2.24) is 4.98 Å². The second kappa shape index (κ2) is 7.22. The maximum Gasteiger partial charge on any atom is 0.274 e. The SMILES string of the molecule is O=C(Nc1cccc(F)c1)c1cc(N2CCCCCC2)ccn1. The molecule has 1 aromatic heterocycles. The van der Waals surface area contributed by atoms with Gasteiger partial charge in [0.1, 0.15) is 11.5 Å². The minimum Gasteiger partial charge on any atom is -0.371 e. The third-order valence-corrected chi connectivity index (χ3v) is 4.03. The molecule has 120 valence electrons. The van der Waals surface area contributed by atoms with Crippen LogP contribution in [0.3, 0.4) is 0 Å². The van der Waals surface area contributed by atoms with Gasteiger partial charge in [-0.2, -0.15) is 0 Å². The van der Waals surface area contributed by atoms with Crippen LogP contribution in [0.15, 0.2) is 42.6 Å². The Bertz CT molecular complexity index is 681. The van der Waals surface area contributed by atoms with E-state index in [2.05, 4.69) is 15.2 Å². The second-order valence-corrected chi connectivity index (χ2v) is 5.77. The van der Waals surface area contributed by atoms with Crippen LogP contribution in [0.2, 0.25) is 0 Å². The molecule has 0 atom stereocenters. The molecule has 5 heteroatoms. The van der Waals surface area contributed by atoms with E-state index in [1.807, 2.05) is 6.07 Å². The molecule has 1 aromatic carbocycles. The molecule has 2 aromatic rings. The summed E-state index contributed by atoms with van der Waals surface area (Å²) in [6.07, 6.45) is 6.52. The van der Waals surface area contributed by atoms with E-state index < -0.39 is 0 Å². The lowest BCUT2D eigenvalue weighted by Gasteiger charge is -2.22. The molecule has 1 saturated heterocycles. The minimum absolute atomic E-state index is 0.327. The standard InChI is InChI=1S/C18H20FN3O/c19-14-6-5-7-15(12-14)21-18(23)17-13-16(8-9-20-17)22-10-3-1-2-4-11-22/h5-9,12-13H,1-4,10-11H2,(H,21,23). The molecule has 3 rings (SSSR count). The van der Waals surface area contributed by atoms with Gasteiger partial charge in [0, 0.05) is 30.7 Å². The van der Waals surface area contributed by atoms with Crippen LogP contribution in [0.25, 0.3) is 0 Å². The summed E-state index contributed by atoms with van der Waals surface area (Å²) in [6, 6.07) is 9.58. The molecular formula is C18H20FN3O. The zero-order valence-electron chi connectivity index (χ0n) is 13.0. The molecule has 0 aliphatic carbocycles. The van der Waals surface area contributed by atoms with Crippen molar-refractivity contribution in [2.45, 2.75) is 25.7 Å². The average Bonchev–Trinajstić information content (AvgIpc) is 2.84. The highest BCUT2D eigenvalue weighted by Crippen LogP contribution is 2.20.